The van der Waals surface area contributed by atoms with Gasteiger partial charge in [-0.2, -0.15) is 18.3 Å². The first-order valence-electron chi connectivity index (χ1n) is 5.61. The number of hydrogen-bond acceptors (Lipinski definition) is 2. The number of alkyl halides is 3. The second-order valence-electron chi connectivity index (χ2n) is 4.07. The number of nitrogens with one attached hydrogen (secondary N) is 1. The molecule has 4 nitrogen and oxygen atoms in total. The number of benzene rings is 1. The average molecular weight is 427 g/mol. The third kappa shape index (κ3) is 4.31. The lowest BCUT2D eigenvalue weighted by molar-refractivity contribution is -0.141. The number of carbonyl (C=O) groups is 1. The molecule has 0 aliphatic carbocycles. The molecule has 0 saturated heterocycles. The summed E-state index contributed by atoms with van der Waals surface area (Å²) in [5.41, 5.74) is -0.517. The fourth-order valence-corrected chi connectivity index (χ4v) is 2.24. The third-order valence-electron chi connectivity index (χ3n) is 2.44. The van der Waals surface area contributed by atoms with Crippen molar-refractivity contribution < 1.29 is 18.0 Å². The maximum absolute atomic E-state index is 12.4. The number of aromatic nitrogens is 2. The minimum atomic E-state index is -4.52. The zero-order valence-electron chi connectivity index (χ0n) is 10.3. The van der Waals surface area contributed by atoms with Crippen LogP contribution in [0.25, 0.3) is 0 Å². The van der Waals surface area contributed by atoms with Crippen LogP contribution >= 0.6 is 31.9 Å². The molecule has 0 aliphatic rings. The summed E-state index contributed by atoms with van der Waals surface area (Å²) < 4.78 is 39.5. The van der Waals surface area contributed by atoms with E-state index in [-0.39, 0.29) is 6.54 Å². The van der Waals surface area contributed by atoms with Crippen molar-refractivity contribution in [2.75, 3.05) is 5.32 Å². The molecule has 1 aromatic carbocycles. The van der Waals surface area contributed by atoms with Crippen molar-refractivity contribution in [1.82, 2.24) is 9.78 Å². The van der Waals surface area contributed by atoms with Gasteiger partial charge in [0.2, 0.25) is 5.91 Å². The molecule has 0 radical (unpaired) electrons. The molecule has 0 fully saturated rings. The Kier molecular flexibility index (Phi) is 4.72. The standard InChI is InChI=1S/C12H8Br2F3N3O/c13-7-1-2-8(14)9(5-7)18-11(21)6-20-4-3-10(19-20)12(15,16)17/h1-5H,6H2,(H,18,21). The van der Waals surface area contributed by atoms with Gasteiger partial charge in [-0.25, -0.2) is 0 Å². The number of amides is 1. The van der Waals surface area contributed by atoms with Crippen molar-refractivity contribution in [3.05, 3.63) is 45.1 Å². The summed E-state index contributed by atoms with van der Waals surface area (Å²) in [5, 5.41) is 5.90. The van der Waals surface area contributed by atoms with Gasteiger partial charge in [0.05, 0.1) is 5.69 Å². The van der Waals surface area contributed by atoms with E-state index < -0.39 is 17.8 Å². The number of rotatable bonds is 3. The molecule has 1 heterocycles. The largest absolute Gasteiger partial charge is 0.435 e. The molecule has 0 bridgehead atoms. The van der Waals surface area contributed by atoms with E-state index >= 15 is 0 Å². The molecule has 0 unspecified atom stereocenters. The van der Waals surface area contributed by atoms with E-state index in [9.17, 15) is 18.0 Å². The molecular weight excluding hydrogens is 419 g/mol. The average Bonchev–Trinajstić information content (AvgIpc) is 2.82. The molecule has 1 amide bonds. The first-order chi connectivity index (χ1) is 9.75. The van der Waals surface area contributed by atoms with E-state index in [1.54, 1.807) is 18.2 Å². The summed E-state index contributed by atoms with van der Waals surface area (Å²) in [7, 11) is 0. The Hall–Kier alpha value is -1.35. The molecule has 1 aromatic heterocycles. The fraction of sp³-hybridized carbons (Fsp3) is 0.167. The summed E-state index contributed by atoms with van der Waals surface area (Å²) in [6.45, 7) is -0.310. The minimum absolute atomic E-state index is 0.310. The Labute approximate surface area is 134 Å². The van der Waals surface area contributed by atoms with Crippen LogP contribution in [0.3, 0.4) is 0 Å². The highest BCUT2D eigenvalue weighted by molar-refractivity contribution is 9.11. The minimum Gasteiger partial charge on any atom is -0.323 e. The summed E-state index contributed by atoms with van der Waals surface area (Å²) >= 11 is 6.53. The van der Waals surface area contributed by atoms with Crippen molar-refractivity contribution in [3.8, 4) is 0 Å². The highest BCUT2D eigenvalue weighted by atomic mass is 79.9. The number of anilines is 1. The normalized spacial score (nSPS) is 11.5. The number of nitrogens with zero attached hydrogens (tertiary/aromatic N) is 2. The Bertz CT molecular complexity index is 670. The van der Waals surface area contributed by atoms with Gasteiger partial charge in [0.15, 0.2) is 5.69 Å². The molecule has 21 heavy (non-hydrogen) atoms. The molecule has 0 aliphatic heterocycles. The molecule has 2 aromatic rings. The van der Waals surface area contributed by atoms with Crippen LogP contribution in [0.2, 0.25) is 0 Å². The SMILES string of the molecule is O=C(Cn1ccc(C(F)(F)F)n1)Nc1cc(Br)ccc1Br. The van der Waals surface area contributed by atoms with E-state index in [1.807, 2.05) is 0 Å². The van der Waals surface area contributed by atoms with Crippen molar-refractivity contribution in [3.63, 3.8) is 0 Å². The second-order valence-corrected chi connectivity index (χ2v) is 5.84. The Morgan fingerprint density at radius 3 is 2.62 bits per heavy atom. The smallest absolute Gasteiger partial charge is 0.323 e. The summed E-state index contributed by atoms with van der Waals surface area (Å²) in [6.07, 6.45) is -3.41. The highest BCUT2D eigenvalue weighted by Gasteiger charge is 2.33. The molecule has 0 saturated carbocycles. The molecule has 112 valence electrons. The van der Waals surface area contributed by atoms with Gasteiger partial charge >= 0.3 is 6.18 Å². The maximum atomic E-state index is 12.4. The van der Waals surface area contributed by atoms with Gasteiger partial charge in [-0.1, -0.05) is 15.9 Å². The predicted octanol–water partition coefficient (Wildman–Crippen LogP) is 4.07. The van der Waals surface area contributed by atoms with Gasteiger partial charge in [-0.3, -0.25) is 9.48 Å². The van der Waals surface area contributed by atoms with Gasteiger partial charge in [-0.05, 0) is 40.2 Å². The predicted molar refractivity (Wildman–Crippen MR) is 77.7 cm³/mol. The zero-order chi connectivity index (χ0) is 15.6. The third-order valence-corrected chi connectivity index (χ3v) is 3.62. The van der Waals surface area contributed by atoms with Crippen LogP contribution in [0, 0.1) is 0 Å². The van der Waals surface area contributed by atoms with Crippen molar-refractivity contribution >= 4 is 43.5 Å². The van der Waals surface area contributed by atoms with Gasteiger partial charge < -0.3 is 5.32 Å². The van der Waals surface area contributed by atoms with E-state index in [0.29, 0.717) is 10.2 Å². The van der Waals surface area contributed by atoms with Crippen LogP contribution in [0.1, 0.15) is 5.69 Å². The molecule has 2 rings (SSSR count). The zero-order valence-corrected chi connectivity index (χ0v) is 13.5. The van der Waals surface area contributed by atoms with Crippen LogP contribution in [-0.4, -0.2) is 15.7 Å². The molecule has 0 spiro atoms. The lowest BCUT2D eigenvalue weighted by Crippen LogP contribution is -2.20. The number of halogens is 5. The molecule has 1 N–H and O–H groups in total. The highest BCUT2D eigenvalue weighted by Crippen LogP contribution is 2.28. The number of hydrogen-bond donors (Lipinski definition) is 1. The van der Waals surface area contributed by atoms with Crippen LogP contribution in [0.15, 0.2) is 39.4 Å². The molecule has 9 heteroatoms. The lowest BCUT2D eigenvalue weighted by Gasteiger charge is -2.08. The number of carbonyl (C=O) groups excluding carboxylic acids is 1. The van der Waals surface area contributed by atoms with E-state index in [0.717, 1.165) is 21.4 Å². The first-order valence-corrected chi connectivity index (χ1v) is 7.20. The Balaban J connectivity index is 2.05. The van der Waals surface area contributed by atoms with Gasteiger partial charge in [-0.15, -0.1) is 0 Å². The first kappa shape index (κ1) is 16.0. The van der Waals surface area contributed by atoms with Gasteiger partial charge in [0, 0.05) is 15.1 Å². The Morgan fingerprint density at radius 2 is 2.00 bits per heavy atom. The molecular formula is C12H8Br2F3N3O. The lowest BCUT2D eigenvalue weighted by atomic mass is 10.3. The fourth-order valence-electron chi connectivity index (χ4n) is 1.53. The monoisotopic (exact) mass is 425 g/mol. The van der Waals surface area contributed by atoms with Crippen LogP contribution in [-0.2, 0) is 17.5 Å². The van der Waals surface area contributed by atoms with Crippen LogP contribution in [0.5, 0.6) is 0 Å². The molecule has 0 atom stereocenters. The van der Waals surface area contributed by atoms with E-state index in [2.05, 4.69) is 42.3 Å². The van der Waals surface area contributed by atoms with Gasteiger partial charge in [0.1, 0.15) is 6.54 Å². The van der Waals surface area contributed by atoms with E-state index in [1.165, 1.54) is 0 Å². The summed E-state index contributed by atoms with van der Waals surface area (Å²) in [4.78, 5) is 11.8. The quantitative estimate of drug-likeness (QED) is 0.804. The van der Waals surface area contributed by atoms with Crippen LogP contribution in [0.4, 0.5) is 18.9 Å². The van der Waals surface area contributed by atoms with Gasteiger partial charge in [0.25, 0.3) is 0 Å². The summed E-state index contributed by atoms with van der Waals surface area (Å²) in [5.74, 6) is -0.481. The van der Waals surface area contributed by atoms with Crippen molar-refractivity contribution in [2.24, 2.45) is 0 Å². The maximum Gasteiger partial charge on any atom is 0.435 e. The second kappa shape index (κ2) is 6.18. The van der Waals surface area contributed by atoms with Crippen molar-refractivity contribution in [2.45, 2.75) is 12.7 Å². The van der Waals surface area contributed by atoms with Crippen LogP contribution < -0.4 is 5.32 Å². The van der Waals surface area contributed by atoms with E-state index in [4.69, 9.17) is 0 Å². The van der Waals surface area contributed by atoms with Crippen molar-refractivity contribution in [1.29, 1.82) is 0 Å². The topological polar surface area (TPSA) is 46.9 Å². The Morgan fingerprint density at radius 1 is 1.29 bits per heavy atom. The summed E-state index contributed by atoms with van der Waals surface area (Å²) in [6, 6.07) is 6.01.